The van der Waals surface area contributed by atoms with Gasteiger partial charge >= 0.3 is 0 Å². The van der Waals surface area contributed by atoms with Crippen molar-refractivity contribution in [3.8, 4) is 11.3 Å². The van der Waals surface area contributed by atoms with E-state index in [1.165, 1.54) is 23.5 Å². The average Bonchev–Trinajstić information content (AvgIpc) is 2.47. The predicted molar refractivity (Wildman–Crippen MR) is 60.2 cm³/mol. The van der Waals surface area contributed by atoms with Crippen LogP contribution in [-0.4, -0.2) is 4.98 Å². The Balaban J connectivity index is 2.49. The molecule has 0 aliphatic rings. The lowest BCUT2D eigenvalue weighted by Crippen LogP contribution is -1.79. The molecule has 0 unspecified atom stereocenters. The molecule has 0 fully saturated rings. The smallest absolute Gasteiger partial charge is 0.185 e. The van der Waals surface area contributed by atoms with Crippen LogP contribution in [-0.2, 0) is 0 Å². The number of aromatic nitrogens is 1. The molecule has 1 heterocycles. The van der Waals surface area contributed by atoms with E-state index in [4.69, 9.17) is 11.6 Å². The van der Waals surface area contributed by atoms with E-state index in [1.54, 1.807) is 12.1 Å². The van der Waals surface area contributed by atoms with Crippen LogP contribution in [0.1, 0.15) is 0 Å². The number of halogens is 3. The molecule has 1 aromatic heterocycles. The Morgan fingerprint density at radius 3 is 2.43 bits per heavy atom. The Labute approximate surface area is 97.7 Å². The monoisotopic (exact) mass is 291 g/mol. The van der Waals surface area contributed by atoms with Gasteiger partial charge in [-0.2, -0.15) is 0 Å². The highest BCUT2D eigenvalue weighted by atomic mass is 79.9. The zero-order chi connectivity index (χ0) is 10.1. The van der Waals surface area contributed by atoms with E-state index in [0.29, 0.717) is 4.47 Å². The molecule has 0 bridgehead atoms. The lowest BCUT2D eigenvalue weighted by Gasteiger charge is -1.96. The summed E-state index contributed by atoms with van der Waals surface area (Å²) < 4.78 is 14.0. The maximum Gasteiger partial charge on any atom is 0.185 e. The van der Waals surface area contributed by atoms with Crippen molar-refractivity contribution in [3.63, 3.8) is 0 Å². The molecule has 2 rings (SSSR count). The summed E-state index contributed by atoms with van der Waals surface area (Å²) in [7, 11) is 0. The average molecular weight is 293 g/mol. The molecule has 0 atom stereocenters. The van der Waals surface area contributed by atoms with Crippen LogP contribution >= 0.6 is 38.9 Å². The number of hydrogen-bond acceptors (Lipinski definition) is 2. The van der Waals surface area contributed by atoms with E-state index >= 15 is 0 Å². The molecule has 14 heavy (non-hydrogen) atoms. The molecule has 0 aliphatic heterocycles. The van der Waals surface area contributed by atoms with Gasteiger partial charge in [-0.3, -0.25) is 0 Å². The molecule has 0 aliphatic carbocycles. The first-order valence-electron chi connectivity index (χ1n) is 3.74. The Hall–Kier alpha value is -0.450. The van der Waals surface area contributed by atoms with Crippen LogP contribution in [0.15, 0.2) is 28.1 Å². The lowest BCUT2D eigenvalue weighted by molar-refractivity contribution is 0.628. The Morgan fingerprint density at radius 1 is 1.29 bits per heavy atom. The van der Waals surface area contributed by atoms with Gasteiger partial charge < -0.3 is 0 Å². The molecule has 1 nitrogen and oxygen atoms in total. The fourth-order valence-electron chi connectivity index (χ4n) is 1.06. The van der Waals surface area contributed by atoms with Crippen molar-refractivity contribution in [1.82, 2.24) is 4.98 Å². The molecule has 0 amide bonds. The second-order valence-electron chi connectivity index (χ2n) is 2.60. The molecular weight excluding hydrogens is 289 g/mol. The minimum absolute atomic E-state index is 0.258. The molecule has 1 aromatic carbocycles. The SMILES string of the molecule is Fc1ccc(-c2nc(Cl)sc2Br)cc1. The highest BCUT2D eigenvalue weighted by Crippen LogP contribution is 2.34. The summed E-state index contributed by atoms with van der Waals surface area (Å²) in [5.74, 6) is -0.258. The molecular formula is C9H4BrClFNS. The summed E-state index contributed by atoms with van der Waals surface area (Å²) in [5.41, 5.74) is 1.60. The van der Waals surface area contributed by atoms with Crippen LogP contribution in [0.3, 0.4) is 0 Å². The van der Waals surface area contributed by atoms with Gasteiger partial charge in [0.25, 0.3) is 0 Å². The zero-order valence-corrected chi connectivity index (χ0v) is 9.96. The van der Waals surface area contributed by atoms with Crippen LogP contribution in [0.5, 0.6) is 0 Å². The molecule has 0 saturated carbocycles. The van der Waals surface area contributed by atoms with Gasteiger partial charge in [0.2, 0.25) is 0 Å². The number of rotatable bonds is 1. The van der Waals surface area contributed by atoms with Crippen molar-refractivity contribution in [2.24, 2.45) is 0 Å². The van der Waals surface area contributed by atoms with Crippen molar-refractivity contribution in [2.45, 2.75) is 0 Å². The predicted octanol–water partition coefficient (Wildman–Crippen LogP) is 4.37. The third-order valence-corrected chi connectivity index (χ3v) is 3.49. The highest BCUT2D eigenvalue weighted by molar-refractivity contribution is 9.11. The van der Waals surface area contributed by atoms with Crippen LogP contribution in [0.25, 0.3) is 11.3 Å². The molecule has 2 aromatic rings. The van der Waals surface area contributed by atoms with E-state index in [1.807, 2.05) is 0 Å². The van der Waals surface area contributed by atoms with E-state index in [0.717, 1.165) is 15.0 Å². The number of thiazole rings is 1. The van der Waals surface area contributed by atoms with Gasteiger partial charge in [0.15, 0.2) is 4.47 Å². The Morgan fingerprint density at radius 2 is 1.93 bits per heavy atom. The minimum atomic E-state index is -0.258. The molecule has 0 spiro atoms. The van der Waals surface area contributed by atoms with Gasteiger partial charge in [-0.15, -0.1) is 0 Å². The van der Waals surface area contributed by atoms with Crippen LogP contribution < -0.4 is 0 Å². The highest BCUT2D eigenvalue weighted by Gasteiger charge is 2.09. The normalized spacial score (nSPS) is 10.5. The summed E-state index contributed by atoms with van der Waals surface area (Å²) in [6.07, 6.45) is 0. The van der Waals surface area contributed by atoms with Gasteiger partial charge in [0, 0.05) is 5.56 Å². The van der Waals surface area contributed by atoms with Crippen LogP contribution in [0.4, 0.5) is 4.39 Å². The van der Waals surface area contributed by atoms with Gasteiger partial charge in [-0.1, -0.05) is 22.9 Å². The third-order valence-electron chi connectivity index (χ3n) is 1.68. The van der Waals surface area contributed by atoms with E-state index < -0.39 is 0 Å². The first kappa shape index (κ1) is 10.1. The van der Waals surface area contributed by atoms with Gasteiger partial charge in [0.1, 0.15) is 5.82 Å². The molecule has 0 N–H and O–H groups in total. The largest absolute Gasteiger partial charge is 0.224 e. The lowest BCUT2D eigenvalue weighted by atomic mass is 10.2. The van der Waals surface area contributed by atoms with Gasteiger partial charge in [-0.25, -0.2) is 9.37 Å². The van der Waals surface area contributed by atoms with Crippen molar-refractivity contribution in [1.29, 1.82) is 0 Å². The first-order chi connectivity index (χ1) is 6.66. The van der Waals surface area contributed by atoms with Gasteiger partial charge in [-0.05, 0) is 40.2 Å². The molecule has 0 radical (unpaired) electrons. The number of hydrogen-bond donors (Lipinski definition) is 0. The summed E-state index contributed by atoms with van der Waals surface area (Å²) >= 11 is 10.4. The van der Waals surface area contributed by atoms with Crippen molar-refractivity contribution in [3.05, 3.63) is 38.3 Å². The summed E-state index contributed by atoms with van der Waals surface area (Å²) in [6, 6.07) is 6.14. The minimum Gasteiger partial charge on any atom is -0.224 e. The third kappa shape index (κ3) is 1.97. The van der Waals surface area contributed by atoms with Crippen molar-refractivity contribution < 1.29 is 4.39 Å². The standard InChI is InChI=1S/C9H4BrClFNS/c10-8-7(13-9(11)14-8)5-1-3-6(12)4-2-5/h1-4H. The van der Waals surface area contributed by atoms with Crippen molar-refractivity contribution >= 4 is 38.9 Å². The number of benzene rings is 1. The molecule has 72 valence electrons. The fourth-order valence-corrected chi connectivity index (χ4v) is 2.98. The summed E-state index contributed by atoms with van der Waals surface area (Å²) in [4.78, 5) is 4.12. The van der Waals surface area contributed by atoms with Crippen LogP contribution in [0, 0.1) is 5.82 Å². The maximum atomic E-state index is 12.7. The fraction of sp³-hybridized carbons (Fsp3) is 0. The molecule has 0 saturated heterocycles. The second-order valence-corrected chi connectivity index (χ2v) is 5.50. The first-order valence-corrected chi connectivity index (χ1v) is 5.73. The summed E-state index contributed by atoms with van der Waals surface area (Å²) in [5, 5.41) is 0. The van der Waals surface area contributed by atoms with E-state index in [2.05, 4.69) is 20.9 Å². The second kappa shape index (κ2) is 3.96. The van der Waals surface area contributed by atoms with E-state index in [-0.39, 0.29) is 5.82 Å². The zero-order valence-electron chi connectivity index (χ0n) is 6.80. The number of nitrogens with zero attached hydrogens (tertiary/aromatic N) is 1. The van der Waals surface area contributed by atoms with Crippen molar-refractivity contribution in [2.75, 3.05) is 0 Å². The summed E-state index contributed by atoms with van der Waals surface area (Å²) in [6.45, 7) is 0. The van der Waals surface area contributed by atoms with Gasteiger partial charge in [0.05, 0.1) is 9.48 Å². The maximum absolute atomic E-state index is 12.7. The topological polar surface area (TPSA) is 12.9 Å². The Bertz CT molecular complexity index is 454. The van der Waals surface area contributed by atoms with Crippen LogP contribution in [0.2, 0.25) is 4.47 Å². The quantitative estimate of drug-likeness (QED) is 0.761. The molecule has 5 heteroatoms. The van der Waals surface area contributed by atoms with E-state index in [9.17, 15) is 4.39 Å². The Kier molecular flexibility index (Phi) is 2.85.